The largest absolute Gasteiger partial charge is 0.493 e. The van der Waals surface area contributed by atoms with Crippen molar-refractivity contribution in [3.8, 4) is 23.3 Å². The van der Waals surface area contributed by atoms with E-state index < -0.39 is 0 Å². The monoisotopic (exact) mass is 368 g/mol. The first-order chi connectivity index (χ1) is 13.1. The Bertz CT molecular complexity index is 782. The Morgan fingerprint density at radius 2 is 1.85 bits per heavy atom. The molecule has 0 spiro atoms. The highest BCUT2D eigenvalue weighted by atomic mass is 16.5. The Morgan fingerprint density at radius 1 is 1.11 bits per heavy atom. The molecule has 1 N–H and O–H groups in total. The lowest BCUT2D eigenvalue weighted by molar-refractivity contribution is -0.120. The smallest absolute Gasteiger partial charge is 0.234 e. The maximum Gasteiger partial charge on any atom is 0.234 e. The van der Waals surface area contributed by atoms with E-state index in [0.29, 0.717) is 37.7 Å². The van der Waals surface area contributed by atoms with E-state index in [1.165, 1.54) is 5.56 Å². The van der Waals surface area contributed by atoms with Gasteiger partial charge in [0.25, 0.3) is 0 Å². The Labute approximate surface area is 159 Å². The predicted octanol–water partition coefficient (Wildman–Crippen LogP) is 3.03. The van der Waals surface area contributed by atoms with Crippen molar-refractivity contribution in [3.05, 3.63) is 53.6 Å². The Balaban J connectivity index is 1.90. The lowest BCUT2D eigenvalue weighted by Gasteiger charge is -2.15. The van der Waals surface area contributed by atoms with Gasteiger partial charge >= 0.3 is 0 Å². The molecule has 2 rings (SSSR count). The minimum Gasteiger partial charge on any atom is -0.493 e. The second-order valence-corrected chi connectivity index (χ2v) is 5.89. The topological polar surface area (TPSA) is 80.6 Å². The van der Waals surface area contributed by atoms with Crippen molar-refractivity contribution in [2.24, 2.45) is 0 Å². The third kappa shape index (κ3) is 6.55. The molecule has 2 aromatic carbocycles. The van der Waals surface area contributed by atoms with Crippen LogP contribution in [0.5, 0.6) is 17.2 Å². The summed E-state index contributed by atoms with van der Waals surface area (Å²) in [4.78, 5) is 11.4. The van der Waals surface area contributed by atoms with Gasteiger partial charge in [0.15, 0.2) is 11.5 Å². The van der Waals surface area contributed by atoms with Crippen LogP contribution in [0.2, 0.25) is 0 Å². The number of nitrogens with one attached hydrogen (secondary N) is 1. The Kier molecular flexibility index (Phi) is 7.98. The van der Waals surface area contributed by atoms with Crippen molar-refractivity contribution in [1.82, 2.24) is 5.32 Å². The average molecular weight is 368 g/mol. The SMILES string of the molecule is COc1cccc(CCNC(=O)CC#N)c1OCCOc1ccc(C)cc1. The quantitative estimate of drug-likeness (QED) is 0.652. The zero-order chi connectivity index (χ0) is 19.5. The summed E-state index contributed by atoms with van der Waals surface area (Å²) in [6.07, 6.45) is 0.431. The van der Waals surface area contributed by atoms with Gasteiger partial charge in [0.1, 0.15) is 25.4 Å². The fourth-order valence-corrected chi connectivity index (χ4v) is 2.49. The van der Waals surface area contributed by atoms with Crippen molar-refractivity contribution in [1.29, 1.82) is 5.26 Å². The lowest BCUT2D eigenvalue weighted by Crippen LogP contribution is -2.25. The van der Waals surface area contributed by atoms with Gasteiger partial charge in [-0.05, 0) is 37.1 Å². The summed E-state index contributed by atoms with van der Waals surface area (Å²) in [7, 11) is 1.59. The number of methoxy groups -OCH3 is 1. The van der Waals surface area contributed by atoms with E-state index in [0.717, 1.165) is 11.3 Å². The molecular formula is C21H24N2O4. The fraction of sp³-hybridized carbons (Fsp3) is 0.333. The van der Waals surface area contributed by atoms with E-state index in [2.05, 4.69) is 5.32 Å². The first-order valence-corrected chi connectivity index (χ1v) is 8.76. The van der Waals surface area contributed by atoms with Crippen LogP contribution in [0.3, 0.4) is 0 Å². The van der Waals surface area contributed by atoms with Crippen molar-refractivity contribution in [2.45, 2.75) is 19.8 Å². The van der Waals surface area contributed by atoms with Crippen LogP contribution in [0.4, 0.5) is 0 Å². The molecule has 0 aliphatic heterocycles. The third-order valence-electron chi connectivity index (χ3n) is 3.86. The van der Waals surface area contributed by atoms with Gasteiger partial charge in [0.05, 0.1) is 13.2 Å². The molecule has 0 aliphatic rings. The van der Waals surface area contributed by atoms with Crippen LogP contribution in [0.1, 0.15) is 17.5 Å². The van der Waals surface area contributed by atoms with Crippen molar-refractivity contribution in [3.63, 3.8) is 0 Å². The average Bonchev–Trinajstić information content (AvgIpc) is 2.67. The number of ether oxygens (including phenoxy) is 3. The molecular weight excluding hydrogens is 344 g/mol. The van der Waals surface area contributed by atoms with Crippen LogP contribution < -0.4 is 19.5 Å². The minimum absolute atomic E-state index is 0.141. The standard InChI is InChI=1S/C21H24N2O4/c1-16-6-8-18(9-7-16)26-14-15-27-21-17(4-3-5-19(21)25-2)11-13-23-20(24)10-12-22/h3-9H,10-11,13-15H2,1-2H3,(H,23,24). The summed E-state index contributed by atoms with van der Waals surface area (Å²) in [6.45, 7) is 3.21. The maximum absolute atomic E-state index is 11.4. The molecule has 0 unspecified atom stereocenters. The number of para-hydroxylation sites is 1. The fourth-order valence-electron chi connectivity index (χ4n) is 2.49. The van der Waals surface area contributed by atoms with Gasteiger partial charge in [-0.15, -0.1) is 0 Å². The van der Waals surface area contributed by atoms with Gasteiger partial charge < -0.3 is 19.5 Å². The number of nitrogens with zero attached hydrogens (tertiary/aromatic N) is 1. The molecule has 142 valence electrons. The highest BCUT2D eigenvalue weighted by Gasteiger charge is 2.11. The van der Waals surface area contributed by atoms with Crippen LogP contribution in [-0.2, 0) is 11.2 Å². The molecule has 6 heteroatoms. The lowest BCUT2D eigenvalue weighted by atomic mass is 10.1. The zero-order valence-electron chi connectivity index (χ0n) is 15.7. The Hall–Kier alpha value is -3.20. The molecule has 0 saturated carbocycles. The summed E-state index contributed by atoms with van der Waals surface area (Å²) in [5.74, 6) is 1.78. The third-order valence-corrected chi connectivity index (χ3v) is 3.86. The highest BCUT2D eigenvalue weighted by molar-refractivity contribution is 5.77. The van der Waals surface area contributed by atoms with Gasteiger partial charge in [-0.25, -0.2) is 0 Å². The van der Waals surface area contributed by atoms with Gasteiger partial charge in [0, 0.05) is 6.54 Å². The summed E-state index contributed by atoms with van der Waals surface area (Å²) in [5, 5.41) is 11.2. The van der Waals surface area contributed by atoms with Crippen molar-refractivity contribution in [2.75, 3.05) is 26.9 Å². The summed E-state index contributed by atoms with van der Waals surface area (Å²) in [6, 6.07) is 15.3. The van der Waals surface area contributed by atoms with Crippen LogP contribution in [0.15, 0.2) is 42.5 Å². The summed E-state index contributed by atoms with van der Waals surface area (Å²) in [5.41, 5.74) is 2.10. The number of hydrogen-bond donors (Lipinski definition) is 1. The molecule has 1 amide bonds. The molecule has 0 aromatic heterocycles. The number of aryl methyl sites for hydroxylation is 1. The number of carbonyl (C=O) groups is 1. The number of amides is 1. The molecule has 6 nitrogen and oxygen atoms in total. The van der Waals surface area contributed by atoms with E-state index in [4.69, 9.17) is 19.5 Å². The number of rotatable bonds is 10. The molecule has 0 saturated heterocycles. The molecule has 0 bridgehead atoms. The van der Waals surface area contributed by atoms with Crippen molar-refractivity contribution >= 4 is 5.91 Å². The van der Waals surface area contributed by atoms with E-state index in [-0.39, 0.29) is 12.3 Å². The second-order valence-electron chi connectivity index (χ2n) is 5.89. The number of nitriles is 1. The number of carbonyl (C=O) groups excluding carboxylic acids is 1. The van der Waals surface area contributed by atoms with Crippen LogP contribution >= 0.6 is 0 Å². The van der Waals surface area contributed by atoms with Crippen LogP contribution in [0, 0.1) is 18.3 Å². The van der Waals surface area contributed by atoms with E-state index in [9.17, 15) is 4.79 Å². The van der Waals surface area contributed by atoms with Crippen molar-refractivity contribution < 1.29 is 19.0 Å². The predicted molar refractivity (Wildman–Crippen MR) is 102 cm³/mol. The molecule has 0 fully saturated rings. The van der Waals surface area contributed by atoms with Crippen LogP contribution in [-0.4, -0.2) is 32.8 Å². The van der Waals surface area contributed by atoms with Gasteiger partial charge in [0.2, 0.25) is 5.91 Å². The summed E-state index contributed by atoms with van der Waals surface area (Å²) < 4.78 is 17.0. The van der Waals surface area contributed by atoms with E-state index in [1.54, 1.807) is 7.11 Å². The normalized spacial score (nSPS) is 9.96. The van der Waals surface area contributed by atoms with E-state index >= 15 is 0 Å². The molecule has 0 radical (unpaired) electrons. The van der Waals surface area contributed by atoms with Gasteiger partial charge in [-0.1, -0.05) is 29.8 Å². The van der Waals surface area contributed by atoms with Gasteiger partial charge in [-0.2, -0.15) is 5.26 Å². The van der Waals surface area contributed by atoms with E-state index in [1.807, 2.05) is 55.5 Å². The maximum atomic E-state index is 11.4. The number of hydrogen-bond acceptors (Lipinski definition) is 5. The first-order valence-electron chi connectivity index (χ1n) is 8.76. The first kappa shape index (κ1) is 20.1. The highest BCUT2D eigenvalue weighted by Crippen LogP contribution is 2.31. The molecule has 2 aromatic rings. The van der Waals surface area contributed by atoms with Gasteiger partial charge in [-0.3, -0.25) is 4.79 Å². The Morgan fingerprint density at radius 3 is 2.56 bits per heavy atom. The molecule has 0 atom stereocenters. The minimum atomic E-state index is -0.283. The molecule has 27 heavy (non-hydrogen) atoms. The molecule has 0 heterocycles. The van der Waals surface area contributed by atoms with Crippen LogP contribution in [0.25, 0.3) is 0 Å². The zero-order valence-corrected chi connectivity index (χ0v) is 15.7. The number of benzene rings is 2. The second kappa shape index (κ2) is 10.7. The summed E-state index contributed by atoms with van der Waals surface area (Å²) >= 11 is 0. The molecule has 0 aliphatic carbocycles.